The fourth-order valence-corrected chi connectivity index (χ4v) is 4.78. The van der Waals surface area contributed by atoms with Crippen molar-refractivity contribution < 1.29 is 23.8 Å². The summed E-state index contributed by atoms with van der Waals surface area (Å²) < 4.78 is 18.8. The number of aliphatic hydroxyl groups excluding tert-OH is 1. The molecule has 2 aromatic carbocycles. The van der Waals surface area contributed by atoms with Crippen LogP contribution in [0.15, 0.2) is 54.1 Å². The minimum atomic E-state index is -0.758. The molecular formula is C30H38FNO4. The van der Waals surface area contributed by atoms with Gasteiger partial charge in [0.2, 0.25) is 0 Å². The number of hydrogen-bond donors (Lipinski definition) is 1. The Labute approximate surface area is 214 Å². The molecule has 2 aromatic rings. The van der Waals surface area contributed by atoms with Crippen molar-refractivity contribution in [1.82, 2.24) is 4.90 Å². The number of carbonyl (C=O) groups excluding carboxylic acids is 2. The number of halogens is 1. The molecule has 0 aliphatic carbocycles. The minimum absolute atomic E-state index is 0.0313. The number of likely N-dealkylation sites (tertiary alicyclic amines) is 1. The molecule has 1 atom stereocenters. The number of aliphatic hydroxyl groups is 1. The van der Waals surface area contributed by atoms with Crippen molar-refractivity contribution in [2.75, 3.05) is 13.7 Å². The molecule has 0 bridgehead atoms. The third kappa shape index (κ3) is 6.96. The van der Waals surface area contributed by atoms with E-state index < -0.39 is 23.5 Å². The van der Waals surface area contributed by atoms with Gasteiger partial charge in [-0.25, -0.2) is 4.39 Å². The van der Waals surface area contributed by atoms with E-state index in [1.165, 1.54) is 62.0 Å². The molecule has 1 saturated heterocycles. The van der Waals surface area contributed by atoms with Crippen LogP contribution in [0.3, 0.4) is 0 Å². The summed E-state index contributed by atoms with van der Waals surface area (Å²) in [5, 5.41) is 11.1. The summed E-state index contributed by atoms with van der Waals surface area (Å²) in [6.45, 7) is 2.63. The van der Waals surface area contributed by atoms with Gasteiger partial charge >= 0.3 is 0 Å². The highest BCUT2D eigenvalue weighted by Crippen LogP contribution is 2.39. The van der Waals surface area contributed by atoms with Gasteiger partial charge in [0.15, 0.2) is 0 Å². The van der Waals surface area contributed by atoms with Crippen molar-refractivity contribution in [3.63, 3.8) is 0 Å². The molecule has 0 aromatic heterocycles. The number of ether oxygens (including phenoxy) is 1. The highest BCUT2D eigenvalue weighted by atomic mass is 19.1. The second kappa shape index (κ2) is 13.8. The molecule has 1 fully saturated rings. The van der Waals surface area contributed by atoms with E-state index >= 15 is 0 Å². The molecule has 1 amide bonds. The first kappa shape index (κ1) is 27.4. The first-order valence-corrected chi connectivity index (χ1v) is 13.2. The van der Waals surface area contributed by atoms with Gasteiger partial charge < -0.3 is 14.7 Å². The fraction of sp³-hybridized carbons (Fsp3) is 0.467. The fourth-order valence-electron chi connectivity index (χ4n) is 4.78. The van der Waals surface area contributed by atoms with Crippen molar-refractivity contribution in [1.29, 1.82) is 0 Å². The summed E-state index contributed by atoms with van der Waals surface area (Å²) in [5.41, 5.74) is 1.04. The average Bonchev–Trinajstić information content (AvgIpc) is 3.14. The lowest BCUT2D eigenvalue weighted by Crippen LogP contribution is -2.30. The standard InChI is InChI=1S/C30H38FNO4/c1-3-4-5-6-7-8-9-10-11-12-21-32-27(22-13-17-24(31)18-14-22)26(29(34)30(32)35)28(33)23-15-19-25(36-2)20-16-23/h13-20,27,33H,3-12,21H2,1-2H3/t27-/m1/s1. The van der Waals surface area contributed by atoms with Gasteiger partial charge in [-0.1, -0.05) is 76.8 Å². The van der Waals surface area contributed by atoms with E-state index in [1.54, 1.807) is 43.5 Å². The van der Waals surface area contributed by atoms with Crippen LogP contribution in [0.1, 0.15) is 88.3 Å². The number of ketones is 1. The zero-order valence-corrected chi connectivity index (χ0v) is 21.5. The largest absolute Gasteiger partial charge is 0.507 e. The van der Waals surface area contributed by atoms with Crippen molar-refractivity contribution in [2.45, 2.75) is 77.2 Å². The van der Waals surface area contributed by atoms with Gasteiger partial charge in [0.1, 0.15) is 17.3 Å². The highest BCUT2D eigenvalue weighted by molar-refractivity contribution is 6.46. The van der Waals surface area contributed by atoms with Crippen LogP contribution in [0.4, 0.5) is 4.39 Å². The number of methoxy groups -OCH3 is 1. The topological polar surface area (TPSA) is 66.8 Å². The summed E-state index contributed by atoms with van der Waals surface area (Å²) in [6, 6.07) is 11.6. The van der Waals surface area contributed by atoms with Crippen LogP contribution in [0.5, 0.6) is 5.75 Å². The van der Waals surface area contributed by atoms with Gasteiger partial charge in [-0.05, 0) is 48.4 Å². The maximum absolute atomic E-state index is 13.6. The quantitative estimate of drug-likeness (QED) is 0.130. The third-order valence-electron chi connectivity index (χ3n) is 6.84. The zero-order chi connectivity index (χ0) is 25.9. The molecular weight excluding hydrogens is 457 g/mol. The maximum atomic E-state index is 13.6. The summed E-state index contributed by atoms with van der Waals surface area (Å²) >= 11 is 0. The van der Waals surface area contributed by atoms with Gasteiger partial charge in [-0.2, -0.15) is 0 Å². The van der Waals surface area contributed by atoms with Crippen molar-refractivity contribution in [3.8, 4) is 5.75 Å². The Morgan fingerprint density at radius 3 is 1.97 bits per heavy atom. The number of Topliss-reactive ketones (excluding diaryl/α,β-unsaturated/α-hetero) is 1. The van der Waals surface area contributed by atoms with Crippen molar-refractivity contribution in [2.24, 2.45) is 0 Å². The molecule has 36 heavy (non-hydrogen) atoms. The van der Waals surface area contributed by atoms with Crippen LogP contribution in [-0.2, 0) is 9.59 Å². The zero-order valence-electron chi connectivity index (χ0n) is 21.5. The van der Waals surface area contributed by atoms with Crippen LogP contribution in [0.2, 0.25) is 0 Å². The smallest absolute Gasteiger partial charge is 0.295 e. The number of hydrogen-bond acceptors (Lipinski definition) is 4. The van der Waals surface area contributed by atoms with Crippen LogP contribution in [0.25, 0.3) is 5.76 Å². The van der Waals surface area contributed by atoms with E-state index in [0.717, 1.165) is 19.3 Å². The molecule has 1 aliphatic rings. The summed E-state index contributed by atoms with van der Waals surface area (Å²) in [5.74, 6) is -1.38. The highest BCUT2D eigenvalue weighted by Gasteiger charge is 2.45. The van der Waals surface area contributed by atoms with Crippen molar-refractivity contribution in [3.05, 3.63) is 71.0 Å². The normalized spacial score (nSPS) is 17.1. The Balaban J connectivity index is 1.72. The van der Waals surface area contributed by atoms with Crippen LogP contribution in [0, 0.1) is 5.82 Å². The molecule has 3 rings (SSSR count). The SMILES string of the molecule is CCCCCCCCCCCCN1C(=O)C(=O)C(=C(O)c2ccc(OC)cc2)[C@H]1c1ccc(F)cc1. The number of carbonyl (C=O) groups is 2. The Morgan fingerprint density at radius 1 is 0.861 bits per heavy atom. The predicted octanol–water partition coefficient (Wildman–Crippen LogP) is 7.18. The maximum Gasteiger partial charge on any atom is 0.295 e. The van der Waals surface area contributed by atoms with E-state index in [0.29, 0.717) is 23.4 Å². The first-order valence-electron chi connectivity index (χ1n) is 13.2. The summed E-state index contributed by atoms with van der Waals surface area (Å²) in [6.07, 6.45) is 11.7. The van der Waals surface area contributed by atoms with E-state index in [-0.39, 0.29) is 11.3 Å². The van der Waals surface area contributed by atoms with E-state index in [2.05, 4.69) is 6.92 Å². The van der Waals surface area contributed by atoms with Gasteiger partial charge in [-0.15, -0.1) is 0 Å². The lowest BCUT2D eigenvalue weighted by Gasteiger charge is -2.25. The van der Waals surface area contributed by atoms with Gasteiger partial charge in [-0.3, -0.25) is 9.59 Å². The van der Waals surface area contributed by atoms with Crippen LogP contribution >= 0.6 is 0 Å². The molecule has 6 heteroatoms. The Bertz CT molecular complexity index is 1030. The van der Waals surface area contributed by atoms with E-state index in [9.17, 15) is 19.1 Å². The first-order chi connectivity index (χ1) is 17.5. The Hall–Kier alpha value is -3.15. The number of benzene rings is 2. The van der Waals surface area contributed by atoms with Gasteiger partial charge in [0.05, 0.1) is 18.7 Å². The molecule has 194 valence electrons. The average molecular weight is 496 g/mol. The monoisotopic (exact) mass is 495 g/mol. The van der Waals surface area contributed by atoms with Gasteiger partial charge in [0.25, 0.3) is 11.7 Å². The summed E-state index contributed by atoms with van der Waals surface area (Å²) in [4.78, 5) is 27.6. The molecule has 0 unspecified atom stereocenters. The van der Waals surface area contributed by atoms with E-state index in [4.69, 9.17) is 4.74 Å². The molecule has 0 radical (unpaired) electrons. The second-order valence-electron chi connectivity index (χ2n) is 9.45. The number of rotatable bonds is 14. The predicted molar refractivity (Wildman–Crippen MR) is 140 cm³/mol. The summed E-state index contributed by atoms with van der Waals surface area (Å²) in [7, 11) is 1.54. The van der Waals surface area contributed by atoms with Crippen LogP contribution < -0.4 is 4.74 Å². The lowest BCUT2D eigenvalue weighted by molar-refractivity contribution is -0.139. The third-order valence-corrected chi connectivity index (χ3v) is 6.84. The molecule has 0 saturated carbocycles. The molecule has 1 heterocycles. The minimum Gasteiger partial charge on any atom is -0.507 e. The molecule has 0 spiro atoms. The molecule has 1 N–H and O–H groups in total. The van der Waals surface area contributed by atoms with E-state index in [1.807, 2.05) is 0 Å². The molecule has 5 nitrogen and oxygen atoms in total. The lowest BCUT2D eigenvalue weighted by atomic mass is 9.95. The second-order valence-corrected chi connectivity index (χ2v) is 9.45. The Kier molecular flexibility index (Phi) is 10.5. The Morgan fingerprint density at radius 2 is 1.42 bits per heavy atom. The van der Waals surface area contributed by atoms with Gasteiger partial charge in [0, 0.05) is 12.1 Å². The van der Waals surface area contributed by atoms with Crippen LogP contribution in [-0.4, -0.2) is 35.4 Å². The number of amides is 1. The molecule has 1 aliphatic heterocycles. The number of unbranched alkanes of at least 4 members (excludes halogenated alkanes) is 9. The van der Waals surface area contributed by atoms with Crippen molar-refractivity contribution >= 4 is 17.4 Å². The number of nitrogens with zero attached hydrogens (tertiary/aromatic N) is 1.